The Morgan fingerprint density at radius 3 is 2.38 bits per heavy atom. The van der Waals surface area contributed by atoms with E-state index in [0.717, 1.165) is 28.9 Å². The number of nitrogens with zero attached hydrogens (tertiary/aromatic N) is 3. The average molecular weight is 367 g/mol. The Bertz CT molecular complexity index is 768. The van der Waals surface area contributed by atoms with E-state index in [-0.39, 0.29) is 17.9 Å². The van der Waals surface area contributed by atoms with Gasteiger partial charge in [0.1, 0.15) is 11.4 Å². The number of alkyl halides is 3. The van der Waals surface area contributed by atoms with Crippen LogP contribution in [0, 0.1) is 6.92 Å². The summed E-state index contributed by atoms with van der Waals surface area (Å²) in [6.45, 7) is 6.48. The van der Waals surface area contributed by atoms with Crippen LogP contribution in [0.5, 0.6) is 0 Å². The molecule has 2 aromatic rings. The molecule has 2 heterocycles. The number of anilines is 1. The minimum atomic E-state index is -4.56. The number of carbonyl (C=O) groups is 1. The Balaban J connectivity index is 2.42. The fourth-order valence-corrected chi connectivity index (χ4v) is 2.18. The number of halogens is 3. The highest BCUT2D eigenvalue weighted by Gasteiger charge is 2.35. The van der Waals surface area contributed by atoms with E-state index in [9.17, 15) is 18.0 Å². The maximum atomic E-state index is 13.2. The van der Waals surface area contributed by atoms with Crippen LogP contribution in [0.25, 0.3) is 0 Å². The zero-order valence-electron chi connectivity index (χ0n) is 15.0. The molecule has 140 valence electrons. The van der Waals surface area contributed by atoms with Gasteiger partial charge in [0.2, 0.25) is 0 Å². The molecule has 5 nitrogen and oxygen atoms in total. The number of aromatic nitrogens is 2. The molecule has 0 spiro atoms. The van der Waals surface area contributed by atoms with Gasteiger partial charge in [-0.1, -0.05) is 6.07 Å². The molecule has 0 aliphatic heterocycles. The number of ether oxygens (including phenoxy) is 1. The Morgan fingerprint density at radius 1 is 1.15 bits per heavy atom. The van der Waals surface area contributed by atoms with Gasteiger partial charge in [-0.05, 0) is 45.4 Å². The summed E-state index contributed by atoms with van der Waals surface area (Å²) in [6, 6.07) is 4.15. The molecule has 1 amide bonds. The Morgan fingerprint density at radius 2 is 1.85 bits per heavy atom. The van der Waals surface area contributed by atoms with Gasteiger partial charge in [0.05, 0.1) is 12.1 Å². The standard InChI is InChI=1S/C18H20F3N3O2/c1-12-5-6-15(23-9-12)24(16(25)26-17(2,3)4)11-13-10-22-8-7-14(13)18(19,20)21/h5-10H,11H2,1-4H3. The lowest BCUT2D eigenvalue weighted by atomic mass is 10.1. The third-order valence-electron chi connectivity index (χ3n) is 3.32. The zero-order valence-corrected chi connectivity index (χ0v) is 15.0. The molecule has 0 saturated carbocycles. The number of amides is 1. The van der Waals surface area contributed by atoms with E-state index < -0.39 is 23.4 Å². The van der Waals surface area contributed by atoms with Crippen LogP contribution in [0.3, 0.4) is 0 Å². The van der Waals surface area contributed by atoms with Crippen molar-refractivity contribution in [1.82, 2.24) is 9.97 Å². The highest BCUT2D eigenvalue weighted by atomic mass is 19.4. The molecule has 0 aliphatic carbocycles. The molecule has 2 rings (SSSR count). The molecule has 0 saturated heterocycles. The molecular formula is C18H20F3N3O2. The van der Waals surface area contributed by atoms with Gasteiger partial charge in [0.15, 0.2) is 0 Å². The monoisotopic (exact) mass is 367 g/mol. The minimum Gasteiger partial charge on any atom is -0.443 e. The summed E-state index contributed by atoms with van der Waals surface area (Å²) >= 11 is 0. The van der Waals surface area contributed by atoms with Crippen LogP contribution >= 0.6 is 0 Å². The van der Waals surface area contributed by atoms with Crippen molar-refractivity contribution in [3.63, 3.8) is 0 Å². The largest absolute Gasteiger partial charge is 0.443 e. The number of pyridine rings is 2. The number of carbonyl (C=O) groups excluding carboxylic acids is 1. The van der Waals surface area contributed by atoms with E-state index >= 15 is 0 Å². The van der Waals surface area contributed by atoms with Crippen LogP contribution in [0.2, 0.25) is 0 Å². The maximum Gasteiger partial charge on any atom is 0.416 e. The first-order chi connectivity index (χ1) is 12.0. The maximum absolute atomic E-state index is 13.2. The van der Waals surface area contributed by atoms with E-state index in [0.29, 0.717) is 0 Å². The van der Waals surface area contributed by atoms with Crippen LogP contribution in [0.4, 0.5) is 23.8 Å². The van der Waals surface area contributed by atoms with E-state index in [1.807, 2.05) is 6.92 Å². The van der Waals surface area contributed by atoms with E-state index in [1.165, 1.54) is 6.20 Å². The first-order valence-electron chi connectivity index (χ1n) is 7.90. The number of hydrogen-bond donors (Lipinski definition) is 0. The van der Waals surface area contributed by atoms with Gasteiger partial charge in [-0.2, -0.15) is 13.2 Å². The number of rotatable bonds is 3. The van der Waals surface area contributed by atoms with Crippen molar-refractivity contribution in [1.29, 1.82) is 0 Å². The normalized spacial score (nSPS) is 12.0. The van der Waals surface area contributed by atoms with Crippen molar-refractivity contribution < 1.29 is 22.7 Å². The lowest BCUT2D eigenvalue weighted by Gasteiger charge is -2.27. The molecule has 26 heavy (non-hydrogen) atoms. The predicted molar refractivity (Wildman–Crippen MR) is 90.6 cm³/mol. The van der Waals surface area contributed by atoms with Crippen molar-refractivity contribution in [3.05, 3.63) is 53.5 Å². The summed E-state index contributed by atoms with van der Waals surface area (Å²) < 4.78 is 45.1. The van der Waals surface area contributed by atoms with E-state index in [4.69, 9.17) is 4.74 Å². The molecule has 0 bridgehead atoms. The number of hydrogen-bond acceptors (Lipinski definition) is 4. The Hall–Kier alpha value is -2.64. The van der Waals surface area contributed by atoms with Crippen LogP contribution in [-0.2, 0) is 17.5 Å². The smallest absolute Gasteiger partial charge is 0.416 e. The summed E-state index contributed by atoms with van der Waals surface area (Å²) in [5.74, 6) is 0.196. The van der Waals surface area contributed by atoms with Gasteiger partial charge in [-0.15, -0.1) is 0 Å². The molecule has 8 heteroatoms. The second-order valence-corrected chi connectivity index (χ2v) is 6.79. The van der Waals surface area contributed by atoms with Crippen LogP contribution in [0.15, 0.2) is 36.8 Å². The summed E-state index contributed by atoms with van der Waals surface area (Å²) in [5.41, 5.74) is -0.946. The first-order valence-corrected chi connectivity index (χ1v) is 7.90. The van der Waals surface area contributed by atoms with Gasteiger partial charge in [0, 0.05) is 24.2 Å². The third kappa shape index (κ3) is 5.18. The van der Waals surface area contributed by atoms with Crippen molar-refractivity contribution in [3.8, 4) is 0 Å². The van der Waals surface area contributed by atoms with Crippen LogP contribution in [-0.4, -0.2) is 21.7 Å². The summed E-state index contributed by atoms with van der Waals surface area (Å²) in [4.78, 5) is 21.5. The quantitative estimate of drug-likeness (QED) is 0.786. The molecule has 0 N–H and O–H groups in total. The van der Waals surface area contributed by atoms with Crippen molar-refractivity contribution in [2.24, 2.45) is 0 Å². The summed E-state index contributed by atoms with van der Waals surface area (Å²) in [6.07, 6.45) is -1.66. The van der Waals surface area contributed by atoms with Crippen LogP contribution in [0.1, 0.15) is 37.5 Å². The molecule has 0 aliphatic rings. The minimum absolute atomic E-state index is 0.145. The third-order valence-corrected chi connectivity index (χ3v) is 3.32. The SMILES string of the molecule is Cc1ccc(N(Cc2cnccc2C(F)(F)F)C(=O)OC(C)(C)C)nc1. The summed E-state index contributed by atoms with van der Waals surface area (Å²) in [5, 5.41) is 0. The van der Waals surface area contributed by atoms with Crippen molar-refractivity contribution in [2.75, 3.05) is 4.90 Å². The highest BCUT2D eigenvalue weighted by molar-refractivity contribution is 5.86. The van der Waals surface area contributed by atoms with Gasteiger partial charge in [0.25, 0.3) is 0 Å². The fourth-order valence-electron chi connectivity index (χ4n) is 2.18. The molecular weight excluding hydrogens is 347 g/mol. The average Bonchev–Trinajstić information content (AvgIpc) is 2.51. The van der Waals surface area contributed by atoms with Gasteiger partial charge in [-0.3, -0.25) is 9.88 Å². The molecule has 0 unspecified atom stereocenters. The topological polar surface area (TPSA) is 55.3 Å². The van der Waals surface area contributed by atoms with Crippen molar-refractivity contribution >= 4 is 11.9 Å². The van der Waals surface area contributed by atoms with Gasteiger partial charge >= 0.3 is 12.3 Å². The lowest BCUT2D eigenvalue weighted by Crippen LogP contribution is -2.37. The zero-order chi connectivity index (χ0) is 19.5. The Kier molecular flexibility index (Phi) is 5.53. The molecule has 0 atom stereocenters. The second kappa shape index (κ2) is 7.31. The Labute approximate surface area is 149 Å². The molecule has 0 fully saturated rings. The summed E-state index contributed by atoms with van der Waals surface area (Å²) in [7, 11) is 0. The van der Waals surface area contributed by atoms with Crippen molar-refractivity contribution in [2.45, 2.75) is 46.0 Å². The first kappa shape index (κ1) is 19.7. The van der Waals surface area contributed by atoms with E-state index in [2.05, 4.69) is 9.97 Å². The predicted octanol–water partition coefficient (Wildman–Crippen LogP) is 4.75. The van der Waals surface area contributed by atoms with E-state index in [1.54, 1.807) is 32.9 Å². The molecule has 0 aromatic carbocycles. The van der Waals surface area contributed by atoms with Crippen LogP contribution < -0.4 is 4.90 Å². The van der Waals surface area contributed by atoms with Gasteiger partial charge in [-0.25, -0.2) is 9.78 Å². The lowest BCUT2D eigenvalue weighted by molar-refractivity contribution is -0.138. The number of aryl methyl sites for hydroxylation is 1. The second-order valence-electron chi connectivity index (χ2n) is 6.79. The highest BCUT2D eigenvalue weighted by Crippen LogP contribution is 2.32. The van der Waals surface area contributed by atoms with Gasteiger partial charge < -0.3 is 4.74 Å². The molecule has 2 aromatic heterocycles. The molecule has 0 radical (unpaired) electrons. The fraction of sp³-hybridized carbons (Fsp3) is 0.389.